The van der Waals surface area contributed by atoms with Crippen molar-refractivity contribution in [2.45, 2.75) is 26.3 Å². The highest BCUT2D eigenvalue weighted by molar-refractivity contribution is 9.11. The van der Waals surface area contributed by atoms with Crippen LogP contribution in [-0.4, -0.2) is 36.2 Å². The number of nitrogens with zero attached hydrogens (tertiary/aromatic N) is 1. The van der Waals surface area contributed by atoms with Crippen LogP contribution in [0.15, 0.2) is 21.1 Å². The smallest absolute Gasteiger partial charge is 0.143 e. The average Bonchev–Trinajstić information content (AvgIpc) is 2.43. The van der Waals surface area contributed by atoms with Crippen LogP contribution >= 0.6 is 31.9 Å². The van der Waals surface area contributed by atoms with Crippen LogP contribution in [0.1, 0.15) is 25.3 Å². The highest BCUT2D eigenvalue weighted by atomic mass is 79.9. The van der Waals surface area contributed by atoms with Crippen LogP contribution in [0.25, 0.3) is 0 Å². The summed E-state index contributed by atoms with van der Waals surface area (Å²) in [4.78, 5) is 2.54. The van der Waals surface area contributed by atoms with Crippen molar-refractivity contribution in [3.8, 4) is 5.75 Å². The van der Waals surface area contributed by atoms with Gasteiger partial charge in [-0.05, 0) is 81.4 Å². The minimum atomic E-state index is 0.260. The van der Waals surface area contributed by atoms with E-state index in [2.05, 4.69) is 49.0 Å². The minimum Gasteiger partial charge on any atom is -0.506 e. The Balaban J connectivity index is 1.71. The van der Waals surface area contributed by atoms with E-state index in [1.165, 1.54) is 25.9 Å². The zero-order valence-electron chi connectivity index (χ0n) is 11.8. The van der Waals surface area contributed by atoms with Gasteiger partial charge in [-0.15, -0.1) is 0 Å². The summed E-state index contributed by atoms with van der Waals surface area (Å²) in [6.07, 6.45) is 2.66. The Kier molecular flexibility index (Phi) is 6.33. The number of phenols is 1. The molecule has 0 aliphatic carbocycles. The maximum atomic E-state index is 9.67. The molecule has 0 amide bonds. The van der Waals surface area contributed by atoms with Gasteiger partial charge >= 0.3 is 0 Å². The lowest BCUT2D eigenvalue weighted by Gasteiger charge is -2.30. The molecule has 0 aromatic heterocycles. The number of hydrogen-bond acceptors (Lipinski definition) is 3. The quantitative estimate of drug-likeness (QED) is 0.732. The number of aromatic hydroxyl groups is 1. The Morgan fingerprint density at radius 1 is 1.25 bits per heavy atom. The Bertz CT molecular complexity index is 422. The molecule has 0 radical (unpaired) electrons. The molecule has 1 aromatic rings. The summed E-state index contributed by atoms with van der Waals surface area (Å²) in [5.74, 6) is 1.15. The number of phenolic OH excluding ortho intramolecular Hbond substituents is 1. The van der Waals surface area contributed by atoms with Crippen molar-refractivity contribution in [3.05, 3.63) is 26.6 Å². The van der Waals surface area contributed by atoms with Gasteiger partial charge in [-0.3, -0.25) is 0 Å². The van der Waals surface area contributed by atoms with Gasteiger partial charge in [-0.1, -0.05) is 6.92 Å². The summed E-state index contributed by atoms with van der Waals surface area (Å²) in [5.41, 5.74) is 1.16. The van der Waals surface area contributed by atoms with Crippen LogP contribution < -0.4 is 5.32 Å². The van der Waals surface area contributed by atoms with Crippen LogP contribution in [0.4, 0.5) is 0 Å². The molecule has 1 fully saturated rings. The predicted octanol–water partition coefficient (Wildman–Crippen LogP) is 3.74. The molecule has 2 N–H and O–H groups in total. The number of nitrogens with one attached hydrogen (secondary N) is 1. The second-order valence-electron chi connectivity index (χ2n) is 5.61. The van der Waals surface area contributed by atoms with Crippen LogP contribution in [0.3, 0.4) is 0 Å². The van der Waals surface area contributed by atoms with E-state index in [-0.39, 0.29) is 5.75 Å². The summed E-state index contributed by atoms with van der Waals surface area (Å²) in [6, 6.07) is 3.91. The molecule has 2 rings (SSSR count). The summed E-state index contributed by atoms with van der Waals surface area (Å²) in [6.45, 7) is 7.76. The first-order chi connectivity index (χ1) is 9.56. The van der Waals surface area contributed by atoms with Gasteiger partial charge in [0, 0.05) is 19.6 Å². The maximum Gasteiger partial charge on any atom is 0.143 e. The fourth-order valence-electron chi connectivity index (χ4n) is 2.48. The van der Waals surface area contributed by atoms with E-state index in [0.29, 0.717) is 0 Å². The summed E-state index contributed by atoms with van der Waals surface area (Å²) in [7, 11) is 0. The zero-order chi connectivity index (χ0) is 14.5. The molecule has 0 unspecified atom stereocenters. The fraction of sp³-hybridized carbons (Fsp3) is 0.600. The number of hydrogen-bond donors (Lipinski definition) is 2. The molecule has 1 aromatic carbocycles. The van der Waals surface area contributed by atoms with Crippen molar-refractivity contribution < 1.29 is 5.11 Å². The van der Waals surface area contributed by atoms with Gasteiger partial charge in [0.1, 0.15) is 5.75 Å². The molecule has 0 bridgehead atoms. The van der Waals surface area contributed by atoms with Crippen LogP contribution in [0.2, 0.25) is 0 Å². The lowest BCUT2D eigenvalue weighted by atomic mass is 9.99. The largest absolute Gasteiger partial charge is 0.506 e. The number of halogens is 2. The molecule has 20 heavy (non-hydrogen) atoms. The van der Waals surface area contributed by atoms with Crippen LogP contribution in [0.5, 0.6) is 5.75 Å². The second-order valence-corrected chi connectivity index (χ2v) is 7.32. The van der Waals surface area contributed by atoms with E-state index in [9.17, 15) is 5.11 Å². The SMILES string of the molecule is CC1CCN(CCNCc2cc(Br)c(O)c(Br)c2)CC1. The Hall–Kier alpha value is -0.100. The molecule has 1 aliphatic heterocycles. The molecule has 3 nitrogen and oxygen atoms in total. The number of likely N-dealkylation sites (tertiary alicyclic amines) is 1. The van der Waals surface area contributed by atoms with E-state index in [1.807, 2.05) is 12.1 Å². The van der Waals surface area contributed by atoms with Crippen molar-refractivity contribution in [2.24, 2.45) is 5.92 Å². The highest BCUT2D eigenvalue weighted by Crippen LogP contribution is 2.33. The molecule has 1 heterocycles. The maximum absolute atomic E-state index is 9.67. The van der Waals surface area contributed by atoms with Crippen molar-refractivity contribution in [1.29, 1.82) is 0 Å². The Morgan fingerprint density at radius 2 is 1.85 bits per heavy atom. The number of rotatable bonds is 5. The summed E-state index contributed by atoms with van der Waals surface area (Å²) < 4.78 is 1.46. The van der Waals surface area contributed by atoms with E-state index < -0.39 is 0 Å². The van der Waals surface area contributed by atoms with Gasteiger partial charge in [0.15, 0.2) is 0 Å². The lowest BCUT2D eigenvalue weighted by molar-refractivity contribution is 0.193. The topological polar surface area (TPSA) is 35.5 Å². The number of benzene rings is 1. The Morgan fingerprint density at radius 3 is 2.45 bits per heavy atom. The zero-order valence-corrected chi connectivity index (χ0v) is 15.0. The summed E-state index contributed by atoms with van der Waals surface area (Å²) >= 11 is 6.72. The van der Waals surface area contributed by atoms with E-state index in [1.54, 1.807) is 0 Å². The first-order valence-electron chi connectivity index (χ1n) is 7.16. The van der Waals surface area contributed by atoms with E-state index in [0.717, 1.165) is 40.1 Å². The number of piperidine rings is 1. The van der Waals surface area contributed by atoms with Gasteiger partial charge in [0.05, 0.1) is 8.95 Å². The molecule has 5 heteroatoms. The molecule has 1 saturated heterocycles. The van der Waals surface area contributed by atoms with Gasteiger partial charge in [0.25, 0.3) is 0 Å². The fourth-order valence-corrected chi connectivity index (χ4v) is 3.76. The van der Waals surface area contributed by atoms with Gasteiger partial charge in [-0.2, -0.15) is 0 Å². The monoisotopic (exact) mass is 404 g/mol. The lowest BCUT2D eigenvalue weighted by Crippen LogP contribution is -2.37. The predicted molar refractivity (Wildman–Crippen MR) is 90.1 cm³/mol. The first-order valence-corrected chi connectivity index (χ1v) is 8.75. The molecule has 112 valence electrons. The van der Waals surface area contributed by atoms with Gasteiger partial charge in [0.2, 0.25) is 0 Å². The normalized spacial score (nSPS) is 17.6. The van der Waals surface area contributed by atoms with Crippen molar-refractivity contribution in [1.82, 2.24) is 10.2 Å². The Labute approximate surface area is 138 Å². The molecule has 1 aliphatic rings. The molecular weight excluding hydrogens is 384 g/mol. The van der Waals surface area contributed by atoms with Gasteiger partial charge in [-0.25, -0.2) is 0 Å². The first kappa shape index (κ1) is 16.3. The third-order valence-corrected chi connectivity index (χ3v) is 5.10. The van der Waals surface area contributed by atoms with Crippen LogP contribution in [-0.2, 0) is 6.54 Å². The average molecular weight is 406 g/mol. The minimum absolute atomic E-state index is 0.260. The molecule has 0 spiro atoms. The van der Waals surface area contributed by atoms with Crippen LogP contribution in [0, 0.1) is 5.92 Å². The standard InChI is InChI=1S/C15H22Br2N2O/c1-11-2-5-19(6-3-11)7-4-18-10-12-8-13(16)15(20)14(17)9-12/h8-9,11,18,20H,2-7,10H2,1H3. The summed E-state index contributed by atoms with van der Waals surface area (Å²) in [5, 5.41) is 13.1. The molecule has 0 atom stereocenters. The van der Waals surface area contributed by atoms with Gasteiger partial charge < -0.3 is 15.3 Å². The van der Waals surface area contributed by atoms with E-state index in [4.69, 9.17) is 0 Å². The third kappa shape index (κ3) is 4.72. The second kappa shape index (κ2) is 7.78. The van der Waals surface area contributed by atoms with Crippen molar-refractivity contribution in [2.75, 3.05) is 26.2 Å². The molecule has 0 saturated carbocycles. The third-order valence-electron chi connectivity index (χ3n) is 3.89. The van der Waals surface area contributed by atoms with Crippen molar-refractivity contribution in [3.63, 3.8) is 0 Å². The molecular formula is C15H22Br2N2O. The van der Waals surface area contributed by atoms with E-state index >= 15 is 0 Å². The highest BCUT2D eigenvalue weighted by Gasteiger charge is 2.14. The van der Waals surface area contributed by atoms with Crippen molar-refractivity contribution >= 4 is 31.9 Å².